The van der Waals surface area contributed by atoms with Gasteiger partial charge in [-0.25, -0.2) is 0 Å². The van der Waals surface area contributed by atoms with Gasteiger partial charge in [-0.2, -0.15) is 0 Å². The Kier molecular flexibility index (Phi) is 4.17. The van der Waals surface area contributed by atoms with Crippen molar-refractivity contribution in [2.24, 2.45) is 5.92 Å². The summed E-state index contributed by atoms with van der Waals surface area (Å²) in [4.78, 5) is 36.9. The molecular formula is C19H20N4O2. The lowest BCUT2D eigenvalue weighted by molar-refractivity contribution is -0.140. The maximum absolute atomic E-state index is 12.7. The molecule has 2 saturated heterocycles. The minimum absolute atomic E-state index is 0.0527. The number of hydrogen-bond donors (Lipinski definition) is 0. The molecule has 1 atom stereocenters. The summed E-state index contributed by atoms with van der Waals surface area (Å²) in [6.45, 7) is 2.45. The topological polar surface area (TPSA) is 66.4 Å². The Labute approximate surface area is 146 Å². The average Bonchev–Trinajstić information content (AvgIpc) is 2.96. The fourth-order valence-corrected chi connectivity index (χ4v) is 3.52. The molecule has 4 rings (SSSR count). The van der Waals surface area contributed by atoms with Crippen LogP contribution in [-0.4, -0.2) is 51.2 Å². The van der Waals surface area contributed by atoms with Crippen LogP contribution in [0.1, 0.15) is 23.6 Å². The first kappa shape index (κ1) is 15.7. The molecule has 6 nitrogen and oxygen atoms in total. The Bertz CT molecular complexity index is 760. The highest BCUT2D eigenvalue weighted by molar-refractivity contribution is 5.89. The van der Waals surface area contributed by atoms with Gasteiger partial charge in [-0.1, -0.05) is 6.07 Å². The predicted octanol–water partition coefficient (Wildman–Crippen LogP) is 1.45. The minimum Gasteiger partial charge on any atom is -0.341 e. The van der Waals surface area contributed by atoms with Crippen molar-refractivity contribution < 1.29 is 9.59 Å². The number of carbonyl (C=O) groups excluding carboxylic acids is 2. The normalized spacial score (nSPS) is 20.6. The van der Waals surface area contributed by atoms with Gasteiger partial charge in [-0.15, -0.1) is 0 Å². The van der Waals surface area contributed by atoms with Crippen LogP contribution in [0.2, 0.25) is 0 Å². The number of nitrogens with zero attached hydrogens (tertiary/aromatic N) is 4. The molecule has 0 saturated carbocycles. The lowest BCUT2D eigenvalue weighted by Gasteiger charge is -2.40. The van der Waals surface area contributed by atoms with Crippen LogP contribution in [0.15, 0.2) is 48.9 Å². The van der Waals surface area contributed by atoms with Crippen LogP contribution in [0.25, 0.3) is 0 Å². The molecule has 0 aliphatic carbocycles. The van der Waals surface area contributed by atoms with Gasteiger partial charge in [0.25, 0.3) is 0 Å². The molecule has 0 bridgehead atoms. The van der Waals surface area contributed by atoms with Gasteiger partial charge in [-0.3, -0.25) is 19.6 Å². The third kappa shape index (κ3) is 3.24. The maximum atomic E-state index is 12.7. The van der Waals surface area contributed by atoms with Gasteiger partial charge in [0.05, 0.1) is 5.92 Å². The number of likely N-dealkylation sites (tertiary alicyclic amines) is 2. The first-order chi connectivity index (χ1) is 12.2. The highest BCUT2D eigenvalue weighted by Gasteiger charge is 2.40. The molecule has 2 aliphatic rings. The van der Waals surface area contributed by atoms with Crippen molar-refractivity contribution >= 4 is 11.8 Å². The van der Waals surface area contributed by atoms with Crippen LogP contribution < -0.4 is 0 Å². The van der Waals surface area contributed by atoms with Crippen molar-refractivity contribution in [1.82, 2.24) is 19.8 Å². The van der Waals surface area contributed by atoms with E-state index >= 15 is 0 Å². The summed E-state index contributed by atoms with van der Waals surface area (Å²) in [6.07, 6.45) is 5.54. The lowest BCUT2D eigenvalue weighted by atomic mass is 9.93. The highest BCUT2D eigenvalue weighted by Crippen LogP contribution is 2.29. The van der Waals surface area contributed by atoms with Gasteiger partial charge in [0.1, 0.15) is 0 Å². The van der Waals surface area contributed by atoms with E-state index in [1.165, 1.54) is 0 Å². The third-order valence-electron chi connectivity index (χ3n) is 4.99. The van der Waals surface area contributed by atoms with Crippen LogP contribution in [0.3, 0.4) is 0 Å². The van der Waals surface area contributed by atoms with E-state index in [0.29, 0.717) is 38.5 Å². The predicted molar refractivity (Wildman–Crippen MR) is 91.3 cm³/mol. The molecule has 25 heavy (non-hydrogen) atoms. The van der Waals surface area contributed by atoms with Gasteiger partial charge >= 0.3 is 0 Å². The van der Waals surface area contributed by atoms with E-state index in [1.54, 1.807) is 23.5 Å². The van der Waals surface area contributed by atoms with Crippen LogP contribution >= 0.6 is 0 Å². The second-order valence-corrected chi connectivity index (χ2v) is 6.73. The third-order valence-corrected chi connectivity index (χ3v) is 4.99. The quantitative estimate of drug-likeness (QED) is 0.848. The maximum Gasteiger partial charge on any atom is 0.228 e. The Morgan fingerprint density at radius 3 is 2.60 bits per heavy atom. The van der Waals surface area contributed by atoms with Gasteiger partial charge in [0, 0.05) is 62.8 Å². The van der Waals surface area contributed by atoms with E-state index in [-0.39, 0.29) is 17.7 Å². The van der Waals surface area contributed by atoms with Crippen molar-refractivity contribution in [1.29, 1.82) is 0 Å². The molecular weight excluding hydrogens is 316 g/mol. The summed E-state index contributed by atoms with van der Waals surface area (Å²) >= 11 is 0. The van der Waals surface area contributed by atoms with Gasteiger partial charge < -0.3 is 9.80 Å². The summed E-state index contributed by atoms with van der Waals surface area (Å²) in [5.74, 6) is 0.240. The van der Waals surface area contributed by atoms with Crippen LogP contribution in [-0.2, 0) is 16.1 Å². The van der Waals surface area contributed by atoms with Crippen molar-refractivity contribution in [2.75, 3.05) is 19.6 Å². The molecule has 2 fully saturated rings. The number of hydrogen-bond acceptors (Lipinski definition) is 4. The number of aromatic nitrogens is 2. The van der Waals surface area contributed by atoms with Crippen molar-refractivity contribution in [3.8, 4) is 0 Å². The molecule has 0 aromatic carbocycles. The zero-order valence-electron chi connectivity index (χ0n) is 13.9. The van der Waals surface area contributed by atoms with Crippen molar-refractivity contribution in [3.63, 3.8) is 0 Å². The number of carbonyl (C=O) groups is 2. The van der Waals surface area contributed by atoms with Gasteiger partial charge in [-0.05, 0) is 29.8 Å². The van der Waals surface area contributed by atoms with Gasteiger partial charge in [0.2, 0.25) is 11.8 Å². The molecule has 128 valence electrons. The first-order valence-electron chi connectivity index (χ1n) is 8.57. The SMILES string of the molecule is O=C1C[C@@H](C(=O)N2CC(c3ccccn3)C2)CN1Cc1ccncc1. The fourth-order valence-electron chi connectivity index (χ4n) is 3.52. The number of rotatable bonds is 4. The largest absolute Gasteiger partial charge is 0.341 e. The Hall–Kier alpha value is -2.76. The molecule has 2 amide bonds. The molecule has 0 N–H and O–H groups in total. The Morgan fingerprint density at radius 2 is 1.88 bits per heavy atom. The molecule has 4 heterocycles. The monoisotopic (exact) mass is 336 g/mol. The molecule has 2 aromatic rings. The zero-order valence-corrected chi connectivity index (χ0v) is 13.9. The van der Waals surface area contributed by atoms with E-state index in [0.717, 1.165) is 11.3 Å². The molecule has 0 unspecified atom stereocenters. The summed E-state index contributed by atoms with van der Waals surface area (Å²) in [5.41, 5.74) is 2.07. The summed E-state index contributed by atoms with van der Waals surface area (Å²) < 4.78 is 0. The van der Waals surface area contributed by atoms with E-state index in [9.17, 15) is 9.59 Å². The minimum atomic E-state index is -0.223. The molecule has 0 radical (unpaired) electrons. The summed E-state index contributed by atoms with van der Waals surface area (Å²) in [6, 6.07) is 9.67. The molecule has 2 aliphatic heterocycles. The Morgan fingerprint density at radius 1 is 1.08 bits per heavy atom. The van der Waals surface area contributed by atoms with Crippen molar-refractivity contribution in [3.05, 3.63) is 60.2 Å². The molecule has 2 aromatic heterocycles. The summed E-state index contributed by atoms with van der Waals surface area (Å²) in [5, 5.41) is 0. The van der Waals surface area contributed by atoms with E-state index < -0.39 is 0 Å². The second kappa shape index (κ2) is 6.63. The second-order valence-electron chi connectivity index (χ2n) is 6.73. The van der Waals surface area contributed by atoms with E-state index in [2.05, 4.69) is 9.97 Å². The van der Waals surface area contributed by atoms with Crippen molar-refractivity contribution in [2.45, 2.75) is 18.9 Å². The molecule has 0 spiro atoms. The van der Waals surface area contributed by atoms with Crippen LogP contribution in [0.5, 0.6) is 0 Å². The molecule has 6 heteroatoms. The standard InChI is InChI=1S/C19H20N4O2/c24-18-9-15(11-22(18)10-14-4-7-20-8-5-14)19(25)23-12-16(13-23)17-3-1-2-6-21-17/h1-8,15-16H,9-13H2/t15-/m1/s1. The summed E-state index contributed by atoms with van der Waals surface area (Å²) in [7, 11) is 0. The Balaban J connectivity index is 1.33. The number of pyridine rings is 2. The van der Waals surface area contributed by atoms with E-state index in [1.807, 2.05) is 35.2 Å². The van der Waals surface area contributed by atoms with Crippen LogP contribution in [0.4, 0.5) is 0 Å². The lowest BCUT2D eigenvalue weighted by Crippen LogP contribution is -2.51. The highest BCUT2D eigenvalue weighted by atomic mass is 16.2. The van der Waals surface area contributed by atoms with Gasteiger partial charge in [0.15, 0.2) is 0 Å². The fraction of sp³-hybridized carbons (Fsp3) is 0.368. The van der Waals surface area contributed by atoms with E-state index in [4.69, 9.17) is 0 Å². The first-order valence-corrected chi connectivity index (χ1v) is 8.57. The smallest absolute Gasteiger partial charge is 0.228 e. The number of amides is 2. The average molecular weight is 336 g/mol. The van der Waals surface area contributed by atoms with Crippen LogP contribution in [0, 0.1) is 5.92 Å². The zero-order chi connectivity index (χ0) is 17.2.